The van der Waals surface area contributed by atoms with Gasteiger partial charge in [0, 0.05) is 11.6 Å². The molecule has 0 bridgehead atoms. The molecule has 0 saturated heterocycles. The molecule has 3 rings (SSSR count). The van der Waals surface area contributed by atoms with Crippen molar-refractivity contribution >= 4 is 23.6 Å². The summed E-state index contributed by atoms with van der Waals surface area (Å²) in [5.74, 6) is 0.819. The maximum Gasteiger partial charge on any atom is 0.237 e. The van der Waals surface area contributed by atoms with Crippen LogP contribution >= 0.6 is 11.8 Å². The highest BCUT2D eigenvalue weighted by Gasteiger charge is 2.23. The third-order valence-electron chi connectivity index (χ3n) is 5.10. The minimum absolute atomic E-state index is 0.0190. The molecule has 3 N–H and O–H groups in total. The van der Waals surface area contributed by atoms with Gasteiger partial charge in [-0.05, 0) is 31.7 Å². The molecule has 7 nitrogen and oxygen atoms in total. The maximum absolute atomic E-state index is 12.4. The molecule has 1 aliphatic carbocycles. The highest BCUT2D eigenvalue weighted by Crippen LogP contribution is 2.26. The monoisotopic (exact) mass is 401 g/mol. The van der Waals surface area contributed by atoms with Crippen molar-refractivity contribution < 1.29 is 9.59 Å². The molecule has 1 aliphatic rings. The number of carbonyl (C=O) groups is 2. The lowest BCUT2D eigenvalue weighted by molar-refractivity contribution is -0.120. The second-order valence-electron chi connectivity index (χ2n) is 7.45. The van der Waals surface area contributed by atoms with E-state index < -0.39 is 5.91 Å². The van der Waals surface area contributed by atoms with E-state index in [-0.39, 0.29) is 24.2 Å². The van der Waals surface area contributed by atoms with Crippen LogP contribution in [0.15, 0.2) is 29.4 Å². The van der Waals surface area contributed by atoms with Crippen LogP contribution in [0.1, 0.15) is 38.2 Å². The van der Waals surface area contributed by atoms with Crippen LogP contribution in [-0.2, 0) is 16.1 Å². The van der Waals surface area contributed by atoms with Crippen molar-refractivity contribution in [2.24, 2.45) is 11.7 Å². The highest BCUT2D eigenvalue weighted by atomic mass is 32.2. The number of amides is 2. The van der Waals surface area contributed by atoms with Gasteiger partial charge in [0.05, 0.1) is 5.75 Å². The van der Waals surface area contributed by atoms with Gasteiger partial charge in [-0.2, -0.15) is 0 Å². The Kier molecular flexibility index (Phi) is 6.72. The second kappa shape index (κ2) is 9.23. The fourth-order valence-corrected chi connectivity index (χ4v) is 4.35. The fourth-order valence-electron chi connectivity index (χ4n) is 3.60. The molecule has 150 valence electrons. The lowest BCUT2D eigenvalue weighted by Crippen LogP contribution is -2.41. The first-order valence-electron chi connectivity index (χ1n) is 9.64. The number of benzene rings is 1. The van der Waals surface area contributed by atoms with E-state index in [0.717, 1.165) is 30.4 Å². The molecule has 1 aromatic heterocycles. The standard InChI is InChI=1S/C20H27N5O2S/c1-13-6-5-8-15(10-13)19-23-24-20(25(19)11-17(21)26)28-12-18(27)22-16-9-4-3-7-14(16)2/h5-6,8,10,14,16H,3-4,7,9,11-12H2,1-2H3,(H2,21,26)(H,22,27). The lowest BCUT2D eigenvalue weighted by Gasteiger charge is -2.29. The summed E-state index contributed by atoms with van der Waals surface area (Å²) in [7, 11) is 0. The Morgan fingerprint density at radius 1 is 1.29 bits per heavy atom. The molecule has 8 heteroatoms. The Hall–Kier alpha value is -2.35. The Morgan fingerprint density at radius 3 is 2.79 bits per heavy atom. The van der Waals surface area contributed by atoms with Crippen LogP contribution in [0.4, 0.5) is 0 Å². The van der Waals surface area contributed by atoms with Crippen LogP contribution in [0.25, 0.3) is 11.4 Å². The first kappa shape index (κ1) is 20.4. The van der Waals surface area contributed by atoms with E-state index in [1.54, 1.807) is 4.57 Å². The van der Waals surface area contributed by atoms with E-state index in [2.05, 4.69) is 22.4 Å². The van der Waals surface area contributed by atoms with Gasteiger partial charge in [0.1, 0.15) is 6.54 Å². The fraction of sp³-hybridized carbons (Fsp3) is 0.500. The summed E-state index contributed by atoms with van der Waals surface area (Å²) in [6.07, 6.45) is 4.59. The third kappa shape index (κ3) is 5.13. The number of aromatic nitrogens is 3. The molecule has 2 unspecified atom stereocenters. The first-order chi connectivity index (χ1) is 13.4. The Balaban J connectivity index is 1.71. The SMILES string of the molecule is Cc1cccc(-c2nnc(SCC(=O)NC3CCCCC3C)n2CC(N)=O)c1. The van der Waals surface area contributed by atoms with E-state index >= 15 is 0 Å². The number of primary amides is 1. The highest BCUT2D eigenvalue weighted by molar-refractivity contribution is 7.99. The van der Waals surface area contributed by atoms with Crippen LogP contribution in [0.3, 0.4) is 0 Å². The van der Waals surface area contributed by atoms with Gasteiger partial charge in [-0.25, -0.2) is 0 Å². The molecule has 2 amide bonds. The van der Waals surface area contributed by atoms with Crippen LogP contribution in [-0.4, -0.2) is 38.4 Å². The summed E-state index contributed by atoms with van der Waals surface area (Å²) in [6.45, 7) is 4.15. The average Bonchev–Trinajstić information content (AvgIpc) is 3.04. The zero-order valence-corrected chi connectivity index (χ0v) is 17.2. The number of nitrogens with two attached hydrogens (primary N) is 1. The third-order valence-corrected chi connectivity index (χ3v) is 6.06. The normalized spacial score (nSPS) is 19.4. The van der Waals surface area contributed by atoms with Gasteiger partial charge in [-0.1, -0.05) is 55.3 Å². The smallest absolute Gasteiger partial charge is 0.237 e. The number of nitrogens with zero attached hydrogens (tertiary/aromatic N) is 3. The minimum atomic E-state index is -0.476. The molecule has 1 heterocycles. The van der Waals surface area contributed by atoms with E-state index in [0.29, 0.717) is 16.9 Å². The number of carbonyl (C=O) groups excluding carboxylic acids is 2. The van der Waals surface area contributed by atoms with Gasteiger partial charge in [0.2, 0.25) is 11.8 Å². The largest absolute Gasteiger partial charge is 0.368 e. The topological polar surface area (TPSA) is 103 Å². The molecule has 0 spiro atoms. The average molecular weight is 402 g/mol. The number of rotatable bonds is 7. The van der Waals surface area contributed by atoms with Crippen LogP contribution in [0.5, 0.6) is 0 Å². The summed E-state index contributed by atoms with van der Waals surface area (Å²) in [6, 6.07) is 8.06. The summed E-state index contributed by atoms with van der Waals surface area (Å²) in [5.41, 5.74) is 7.37. The molecule has 1 fully saturated rings. The summed E-state index contributed by atoms with van der Waals surface area (Å²) in [5, 5.41) is 12.1. The van der Waals surface area contributed by atoms with Gasteiger partial charge in [0.25, 0.3) is 0 Å². The summed E-state index contributed by atoms with van der Waals surface area (Å²) < 4.78 is 1.68. The quantitative estimate of drug-likeness (QED) is 0.694. The van der Waals surface area contributed by atoms with Gasteiger partial charge in [0.15, 0.2) is 11.0 Å². The molecule has 0 radical (unpaired) electrons. The van der Waals surface area contributed by atoms with Crippen LogP contribution in [0.2, 0.25) is 0 Å². The van der Waals surface area contributed by atoms with Crippen molar-refractivity contribution in [2.45, 2.75) is 57.3 Å². The molecule has 28 heavy (non-hydrogen) atoms. The number of hydrogen-bond acceptors (Lipinski definition) is 5. The van der Waals surface area contributed by atoms with Crippen molar-refractivity contribution in [1.82, 2.24) is 20.1 Å². The molecule has 0 aliphatic heterocycles. The Morgan fingerprint density at radius 2 is 2.07 bits per heavy atom. The van der Waals surface area contributed by atoms with E-state index in [1.165, 1.54) is 18.2 Å². The number of aryl methyl sites for hydroxylation is 1. The molecular weight excluding hydrogens is 374 g/mol. The van der Waals surface area contributed by atoms with Gasteiger partial charge in [-0.15, -0.1) is 10.2 Å². The number of nitrogens with one attached hydrogen (secondary N) is 1. The molecule has 1 aromatic carbocycles. The summed E-state index contributed by atoms with van der Waals surface area (Å²) in [4.78, 5) is 24.0. The lowest BCUT2D eigenvalue weighted by atomic mass is 9.86. The molecular formula is C20H27N5O2S. The molecule has 1 saturated carbocycles. The van der Waals surface area contributed by atoms with Crippen molar-refractivity contribution in [1.29, 1.82) is 0 Å². The second-order valence-corrected chi connectivity index (χ2v) is 8.40. The van der Waals surface area contributed by atoms with Gasteiger partial charge < -0.3 is 11.1 Å². The van der Waals surface area contributed by atoms with E-state index in [4.69, 9.17) is 5.73 Å². The first-order valence-corrected chi connectivity index (χ1v) is 10.6. The maximum atomic E-state index is 12.4. The van der Waals surface area contributed by atoms with E-state index in [1.807, 2.05) is 31.2 Å². The summed E-state index contributed by atoms with van der Waals surface area (Å²) >= 11 is 1.28. The van der Waals surface area contributed by atoms with Crippen molar-refractivity contribution in [3.63, 3.8) is 0 Å². The predicted octanol–water partition coefficient (Wildman–Crippen LogP) is 2.53. The minimum Gasteiger partial charge on any atom is -0.368 e. The van der Waals surface area contributed by atoms with Gasteiger partial charge >= 0.3 is 0 Å². The van der Waals surface area contributed by atoms with Crippen LogP contribution < -0.4 is 11.1 Å². The van der Waals surface area contributed by atoms with Crippen molar-refractivity contribution in [3.05, 3.63) is 29.8 Å². The van der Waals surface area contributed by atoms with Crippen molar-refractivity contribution in [3.8, 4) is 11.4 Å². The zero-order valence-electron chi connectivity index (χ0n) is 16.4. The van der Waals surface area contributed by atoms with Crippen molar-refractivity contribution in [2.75, 3.05) is 5.75 Å². The van der Waals surface area contributed by atoms with Gasteiger partial charge in [-0.3, -0.25) is 14.2 Å². The Labute approximate surface area is 169 Å². The Bertz CT molecular complexity index is 851. The molecule has 2 atom stereocenters. The number of hydrogen-bond donors (Lipinski definition) is 2. The number of thioether (sulfide) groups is 1. The van der Waals surface area contributed by atoms with Crippen LogP contribution in [0, 0.1) is 12.8 Å². The van der Waals surface area contributed by atoms with E-state index in [9.17, 15) is 9.59 Å². The molecule has 2 aromatic rings. The predicted molar refractivity (Wildman–Crippen MR) is 110 cm³/mol. The zero-order chi connectivity index (χ0) is 20.1.